The summed E-state index contributed by atoms with van der Waals surface area (Å²) in [5.41, 5.74) is 5.78. The van der Waals surface area contributed by atoms with Crippen molar-refractivity contribution in [1.82, 2.24) is 10.2 Å². The van der Waals surface area contributed by atoms with Gasteiger partial charge in [0, 0.05) is 18.6 Å². The number of hydrogen-bond donors (Lipinski definition) is 2. The van der Waals surface area contributed by atoms with E-state index in [2.05, 4.69) is 10.2 Å². The Hall–Kier alpha value is -0.610. The smallest absolute Gasteiger partial charge is 0.234 e. The average molecular weight is 225 g/mol. The van der Waals surface area contributed by atoms with Crippen molar-refractivity contribution in [2.24, 2.45) is 5.73 Å². The Balaban J connectivity index is 1.81. The van der Waals surface area contributed by atoms with Crippen molar-refractivity contribution < 1.29 is 4.79 Å². The summed E-state index contributed by atoms with van der Waals surface area (Å²) in [6.45, 7) is 2.25. The number of nitrogens with two attached hydrogens (primary N) is 1. The van der Waals surface area contributed by atoms with Gasteiger partial charge in [-0.3, -0.25) is 9.69 Å². The zero-order valence-electron chi connectivity index (χ0n) is 9.95. The second-order valence-corrected chi connectivity index (χ2v) is 5.05. The van der Waals surface area contributed by atoms with E-state index in [4.69, 9.17) is 5.73 Å². The van der Waals surface area contributed by atoms with E-state index in [0.717, 1.165) is 25.8 Å². The Kier molecular flexibility index (Phi) is 4.18. The molecule has 1 amide bonds. The molecule has 1 atom stereocenters. The van der Waals surface area contributed by atoms with E-state index in [9.17, 15) is 4.79 Å². The summed E-state index contributed by atoms with van der Waals surface area (Å²) in [5, 5.41) is 3.04. The Morgan fingerprint density at radius 3 is 2.75 bits per heavy atom. The molecule has 3 N–H and O–H groups in total. The Labute approximate surface area is 97.6 Å². The lowest BCUT2D eigenvalue weighted by atomic mass is 10.1. The minimum Gasteiger partial charge on any atom is -0.352 e. The summed E-state index contributed by atoms with van der Waals surface area (Å²) < 4.78 is 0. The van der Waals surface area contributed by atoms with Crippen LogP contribution >= 0.6 is 0 Å². The fourth-order valence-electron chi connectivity index (χ4n) is 2.40. The minimum atomic E-state index is 0.183. The van der Waals surface area contributed by atoms with E-state index >= 15 is 0 Å². The maximum absolute atomic E-state index is 11.7. The average Bonchev–Trinajstić information content (AvgIpc) is 3.06. The van der Waals surface area contributed by atoms with Gasteiger partial charge in [-0.1, -0.05) is 12.8 Å². The molecule has 2 aliphatic rings. The number of carbonyl (C=O) groups excluding carboxylic acids is 1. The number of carbonyl (C=O) groups is 1. The summed E-state index contributed by atoms with van der Waals surface area (Å²) >= 11 is 0. The highest BCUT2D eigenvalue weighted by atomic mass is 16.2. The molecule has 0 aromatic rings. The molecule has 0 spiro atoms. The maximum atomic E-state index is 11.7. The first-order chi connectivity index (χ1) is 7.79. The lowest BCUT2D eigenvalue weighted by molar-refractivity contribution is -0.122. The van der Waals surface area contributed by atoms with Crippen LogP contribution < -0.4 is 11.1 Å². The molecule has 2 fully saturated rings. The number of nitrogens with zero attached hydrogens (tertiary/aromatic N) is 1. The van der Waals surface area contributed by atoms with Gasteiger partial charge in [-0.25, -0.2) is 0 Å². The standard InChI is InChI=1S/C12H23N3O/c13-8-11-4-2-1-3-7-15(11)9-12(16)14-10-5-6-10/h10-11H,1-9,13H2,(H,14,16). The van der Waals surface area contributed by atoms with Gasteiger partial charge >= 0.3 is 0 Å². The Bertz CT molecular complexity index is 240. The molecule has 1 saturated carbocycles. The molecular weight excluding hydrogens is 202 g/mol. The lowest BCUT2D eigenvalue weighted by Gasteiger charge is -2.28. The monoisotopic (exact) mass is 225 g/mol. The SMILES string of the molecule is NCC1CCCCCN1CC(=O)NC1CC1. The summed E-state index contributed by atoms with van der Waals surface area (Å²) in [7, 11) is 0. The molecule has 1 heterocycles. The van der Waals surface area contributed by atoms with Crippen molar-refractivity contribution in [3.63, 3.8) is 0 Å². The van der Waals surface area contributed by atoms with Gasteiger partial charge in [-0.2, -0.15) is 0 Å². The van der Waals surface area contributed by atoms with Crippen molar-refractivity contribution in [3.05, 3.63) is 0 Å². The van der Waals surface area contributed by atoms with Gasteiger partial charge in [0.15, 0.2) is 0 Å². The molecule has 4 nitrogen and oxygen atoms in total. The zero-order chi connectivity index (χ0) is 11.4. The van der Waals surface area contributed by atoms with Crippen LogP contribution in [0.5, 0.6) is 0 Å². The van der Waals surface area contributed by atoms with Gasteiger partial charge in [0.25, 0.3) is 0 Å². The van der Waals surface area contributed by atoms with Gasteiger partial charge in [0.05, 0.1) is 6.54 Å². The highest BCUT2D eigenvalue weighted by Crippen LogP contribution is 2.19. The molecule has 2 rings (SSSR count). The van der Waals surface area contributed by atoms with Crippen LogP contribution in [-0.4, -0.2) is 42.5 Å². The van der Waals surface area contributed by atoms with Gasteiger partial charge in [0.1, 0.15) is 0 Å². The van der Waals surface area contributed by atoms with E-state index < -0.39 is 0 Å². The van der Waals surface area contributed by atoms with Crippen molar-refractivity contribution in [2.45, 2.75) is 50.6 Å². The molecule has 16 heavy (non-hydrogen) atoms. The van der Waals surface area contributed by atoms with Crippen LogP contribution in [0.3, 0.4) is 0 Å². The van der Waals surface area contributed by atoms with Gasteiger partial charge in [0.2, 0.25) is 5.91 Å². The highest BCUT2D eigenvalue weighted by molar-refractivity contribution is 5.78. The third-order valence-electron chi connectivity index (χ3n) is 3.56. The topological polar surface area (TPSA) is 58.4 Å². The summed E-state index contributed by atoms with van der Waals surface area (Å²) in [4.78, 5) is 14.0. The number of rotatable bonds is 4. The maximum Gasteiger partial charge on any atom is 0.234 e. The van der Waals surface area contributed by atoms with E-state index in [0.29, 0.717) is 25.2 Å². The van der Waals surface area contributed by atoms with E-state index in [1.807, 2.05) is 0 Å². The molecule has 0 radical (unpaired) electrons. The van der Waals surface area contributed by atoms with Crippen LogP contribution in [0.2, 0.25) is 0 Å². The van der Waals surface area contributed by atoms with Crippen LogP contribution in [0.1, 0.15) is 38.5 Å². The summed E-state index contributed by atoms with van der Waals surface area (Å²) in [5.74, 6) is 0.183. The lowest BCUT2D eigenvalue weighted by Crippen LogP contribution is -2.46. The molecule has 92 valence electrons. The first-order valence-corrected chi connectivity index (χ1v) is 6.53. The zero-order valence-corrected chi connectivity index (χ0v) is 9.95. The molecule has 0 bridgehead atoms. The quantitative estimate of drug-likeness (QED) is 0.731. The number of nitrogens with one attached hydrogen (secondary N) is 1. The van der Waals surface area contributed by atoms with Crippen LogP contribution in [0, 0.1) is 0 Å². The van der Waals surface area contributed by atoms with Crippen LogP contribution in [0.15, 0.2) is 0 Å². The second-order valence-electron chi connectivity index (χ2n) is 5.05. The Morgan fingerprint density at radius 1 is 1.25 bits per heavy atom. The molecular formula is C12H23N3O. The summed E-state index contributed by atoms with van der Waals surface area (Å²) in [6.07, 6.45) is 7.19. The first kappa shape index (κ1) is 11.9. The fourth-order valence-corrected chi connectivity index (χ4v) is 2.40. The first-order valence-electron chi connectivity index (χ1n) is 6.53. The van der Waals surface area contributed by atoms with Gasteiger partial charge in [-0.05, 0) is 32.2 Å². The molecule has 1 saturated heterocycles. The van der Waals surface area contributed by atoms with Gasteiger partial charge in [-0.15, -0.1) is 0 Å². The number of hydrogen-bond acceptors (Lipinski definition) is 3. The molecule has 1 aliphatic heterocycles. The van der Waals surface area contributed by atoms with Crippen molar-refractivity contribution >= 4 is 5.91 Å². The predicted octanol–water partition coefficient (Wildman–Crippen LogP) is 0.468. The molecule has 1 unspecified atom stereocenters. The molecule has 1 aliphatic carbocycles. The Morgan fingerprint density at radius 2 is 2.06 bits per heavy atom. The third-order valence-corrected chi connectivity index (χ3v) is 3.56. The van der Waals surface area contributed by atoms with E-state index in [1.54, 1.807) is 0 Å². The normalized spacial score (nSPS) is 27.4. The molecule has 0 aromatic heterocycles. The number of likely N-dealkylation sites (tertiary alicyclic amines) is 1. The molecule has 0 aromatic carbocycles. The van der Waals surface area contributed by atoms with Crippen LogP contribution in [0.4, 0.5) is 0 Å². The highest BCUT2D eigenvalue weighted by Gasteiger charge is 2.26. The molecule has 4 heteroatoms. The predicted molar refractivity (Wildman–Crippen MR) is 64.0 cm³/mol. The minimum absolute atomic E-state index is 0.183. The third kappa shape index (κ3) is 3.46. The number of amides is 1. The van der Waals surface area contributed by atoms with Crippen molar-refractivity contribution in [2.75, 3.05) is 19.6 Å². The summed E-state index contributed by atoms with van der Waals surface area (Å²) in [6, 6.07) is 0.878. The van der Waals surface area contributed by atoms with Gasteiger partial charge < -0.3 is 11.1 Å². The van der Waals surface area contributed by atoms with Crippen LogP contribution in [-0.2, 0) is 4.79 Å². The fraction of sp³-hybridized carbons (Fsp3) is 0.917. The van der Waals surface area contributed by atoms with E-state index in [-0.39, 0.29) is 5.91 Å². The van der Waals surface area contributed by atoms with Crippen LogP contribution in [0.25, 0.3) is 0 Å². The van der Waals surface area contributed by atoms with E-state index in [1.165, 1.54) is 19.3 Å². The van der Waals surface area contributed by atoms with Crippen molar-refractivity contribution in [3.8, 4) is 0 Å². The van der Waals surface area contributed by atoms with Crippen molar-refractivity contribution in [1.29, 1.82) is 0 Å². The largest absolute Gasteiger partial charge is 0.352 e. The second kappa shape index (κ2) is 5.64.